The maximum atomic E-state index is 12.8. The molecular weight excluding hydrogens is 428 g/mol. The molecule has 3 heterocycles. The largest absolute Gasteiger partial charge is 0.365 e. The summed E-state index contributed by atoms with van der Waals surface area (Å²) >= 11 is 8.08. The molecule has 1 aromatic carbocycles. The standard InChI is InChI=1S/C19H19ClN6O3S/c1-12-13(2)30-19(22-12)24-9-7-23(8-10-24)16-11-21-25(18(27)17(16)20)14-3-5-15(6-4-14)26(28)29/h3-6,11H,7-10H2,1-2H3. The summed E-state index contributed by atoms with van der Waals surface area (Å²) in [4.78, 5) is 33.2. The third-order valence-corrected chi connectivity index (χ3v) is 6.60. The predicted molar refractivity (Wildman–Crippen MR) is 118 cm³/mol. The van der Waals surface area contributed by atoms with Gasteiger partial charge in [0.15, 0.2) is 5.13 Å². The van der Waals surface area contributed by atoms with Crippen LogP contribution >= 0.6 is 22.9 Å². The van der Waals surface area contributed by atoms with Crippen molar-refractivity contribution in [3.8, 4) is 5.69 Å². The molecule has 1 fully saturated rings. The first-order chi connectivity index (χ1) is 14.3. The highest BCUT2D eigenvalue weighted by Crippen LogP contribution is 2.28. The van der Waals surface area contributed by atoms with Gasteiger partial charge in [0.2, 0.25) is 0 Å². The van der Waals surface area contributed by atoms with Crippen LogP contribution in [-0.4, -0.2) is 45.9 Å². The van der Waals surface area contributed by atoms with Crippen LogP contribution in [0.1, 0.15) is 10.6 Å². The lowest BCUT2D eigenvalue weighted by Gasteiger charge is -2.36. The minimum Gasteiger partial charge on any atom is -0.365 e. The van der Waals surface area contributed by atoms with Crippen molar-refractivity contribution in [3.05, 3.63) is 66.5 Å². The number of anilines is 2. The molecule has 156 valence electrons. The normalized spacial score (nSPS) is 14.2. The molecule has 11 heteroatoms. The first-order valence-corrected chi connectivity index (χ1v) is 10.5. The molecule has 9 nitrogen and oxygen atoms in total. The quantitative estimate of drug-likeness (QED) is 0.448. The van der Waals surface area contributed by atoms with E-state index >= 15 is 0 Å². The third kappa shape index (κ3) is 3.75. The lowest BCUT2D eigenvalue weighted by atomic mass is 10.2. The van der Waals surface area contributed by atoms with Gasteiger partial charge < -0.3 is 9.80 Å². The molecule has 2 aromatic heterocycles. The molecule has 1 saturated heterocycles. The number of aromatic nitrogens is 3. The van der Waals surface area contributed by atoms with Crippen molar-refractivity contribution in [1.82, 2.24) is 14.8 Å². The van der Waals surface area contributed by atoms with Gasteiger partial charge in [-0.2, -0.15) is 9.78 Å². The van der Waals surface area contributed by atoms with Crippen molar-refractivity contribution in [2.75, 3.05) is 36.0 Å². The molecule has 0 radical (unpaired) electrons. The summed E-state index contributed by atoms with van der Waals surface area (Å²) < 4.78 is 1.15. The number of halogens is 1. The number of benzene rings is 1. The summed E-state index contributed by atoms with van der Waals surface area (Å²) in [6, 6.07) is 5.59. The van der Waals surface area contributed by atoms with Crippen LogP contribution in [0.25, 0.3) is 5.69 Å². The maximum Gasteiger partial charge on any atom is 0.292 e. The second-order valence-corrected chi connectivity index (χ2v) is 8.51. The van der Waals surface area contributed by atoms with Gasteiger partial charge in [-0.25, -0.2) is 4.98 Å². The number of nitrogens with zero attached hydrogens (tertiary/aromatic N) is 6. The molecule has 0 bridgehead atoms. The van der Waals surface area contributed by atoms with E-state index in [1.165, 1.54) is 29.1 Å². The molecule has 0 spiro atoms. The number of hydrogen-bond acceptors (Lipinski definition) is 8. The minimum absolute atomic E-state index is 0.0574. The van der Waals surface area contributed by atoms with E-state index in [1.54, 1.807) is 17.5 Å². The number of rotatable bonds is 4. The Hall–Kier alpha value is -2.98. The summed E-state index contributed by atoms with van der Waals surface area (Å²) in [5, 5.41) is 16.1. The number of non-ortho nitro benzene ring substituents is 1. The van der Waals surface area contributed by atoms with E-state index in [0.29, 0.717) is 24.5 Å². The number of nitro groups is 1. The van der Waals surface area contributed by atoms with Crippen molar-refractivity contribution in [1.29, 1.82) is 0 Å². The van der Waals surface area contributed by atoms with Gasteiger partial charge >= 0.3 is 0 Å². The summed E-state index contributed by atoms with van der Waals surface area (Å²) in [5.41, 5.74) is 1.54. The summed E-state index contributed by atoms with van der Waals surface area (Å²) in [6.45, 7) is 7.01. The van der Waals surface area contributed by atoms with Crippen LogP contribution in [0.4, 0.5) is 16.5 Å². The van der Waals surface area contributed by atoms with Crippen molar-refractivity contribution < 1.29 is 4.92 Å². The van der Waals surface area contributed by atoms with Gasteiger partial charge in [0.1, 0.15) is 5.02 Å². The summed E-state index contributed by atoms with van der Waals surface area (Å²) in [6.07, 6.45) is 1.57. The van der Waals surface area contributed by atoms with E-state index < -0.39 is 10.5 Å². The Labute approximate surface area is 181 Å². The molecule has 0 aliphatic carbocycles. The van der Waals surface area contributed by atoms with Crippen LogP contribution in [0.3, 0.4) is 0 Å². The Bertz CT molecular complexity index is 1130. The fourth-order valence-electron chi connectivity index (χ4n) is 3.27. The van der Waals surface area contributed by atoms with E-state index in [-0.39, 0.29) is 10.7 Å². The number of thiazole rings is 1. The fraction of sp³-hybridized carbons (Fsp3) is 0.316. The van der Waals surface area contributed by atoms with E-state index in [9.17, 15) is 14.9 Å². The average Bonchev–Trinajstić information content (AvgIpc) is 3.09. The molecule has 1 aliphatic rings. The summed E-state index contributed by atoms with van der Waals surface area (Å²) in [7, 11) is 0. The number of hydrogen-bond donors (Lipinski definition) is 0. The minimum atomic E-state index is -0.496. The third-order valence-electron chi connectivity index (χ3n) is 5.11. The highest BCUT2D eigenvalue weighted by atomic mass is 35.5. The van der Waals surface area contributed by atoms with E-state index in [1.807, 2.05) is 11.8 Å². The van der Waals surface area contributed by atoms with Crippen LogP contribution in [0.2, 0.25) is 5.02 Å². The Kier molecular flexibility index (Phi) is 5.44. The van der Waals surface area contributed by atoms with Crippen molar-refractivity contribution in [2.24, 2.45) is 0 Å². The molecule has 0 unspecified atom stereocenters. The Balaban J connectivity index is 1.52. The van der Waals surface area contributed by atoms with Crippen LogP contribution in [0.5, 0.6) is 0 Å². The topological polar surface area (TPSA) is 97.4 Å². The zero-order chi connectivity index (χ0) is 21.4. The lowest BCUT2D eigenvalue weighted by Crippen LogP contribution is -2.47. The molecule has 0 N–H and O–H groups in total. The maximum absolute atomic E-state index is 12.8. The van der Waals surface area contributed by atoms with Crippen molar-refractivity contribution in [3.63, 3.8) is 0 Å². The lowest BCUT2D eigenvalue weighted by molar-refractivity contribution is -0.384. The Morgan fingerprint density at radius 3 is 2.30 bits per heavy atom. The summed E-state index contributed by atoms with van der Waals surface area (Å²) in [5.74, 6) is 0. The van der Waals surface area contributed by atoms with Crippen molar-refractivity contribution >= 4 is 39.4 Å². The van der Waals surface area contributed by atoms with Gasteiger partial charge in [-0.15, -0.1) is 11.3 Å². The fourth-order valence-corrected chi connectivity index (χ4v) is 4.48. The zero-order valence-corrected chi connectivity index (χ0v) is 18.0. The SMILES string of the molecule is Cc1nc(N2CCN(c3cnn(-c4ccc([N+](=O)[O-])cc4)c(=O)c3Cl)CC2)sc1C. The van der Waals surface area contributed by atoms with Gasteiger partial charge in [0, 0.05) is 43.2 Å². The molecule has 30 heavy (non-hydrogen) atoms. The van der Waals surface area contributed by atoms with Crippen LogP contribution in [0.15, 0.2) is 35.3 Å². The smallest absolute Gasteiger partial charge is 0.292 e. The average molecular weight is 447 g/mol. The number of aryl methyl sites for hydroxylation is 2. The van der Waals surface area contributed by atoms with E-state index in [2.05, 4.69) is 21.9 Å². The predicted octanol–water partition coefficient (Wildman–Crippen LogP) is 3.19. The molecule has 1 aliphatic heterocycles. The second-order valence-electron chi connectivity index (χ2n) is 6.95. The van der Waals surface area contributed by atoms with Gasteiger partial charge in [-0.05, 0) is 26.0 Å². The second kappa shape index (κ2) is 8.04. The van der Waals surface area contributed by atoms with Crippen LogP contribution < -0.4 is 15.4 Å². The Morgan fingerprint density at radius 2 is 1.73 bits per heavy atom. The van der Waals surface area contributed by atoms with Crippen LogP contribution in [0, 0.1) is 24.0 Å². The van der Waals surface area contributed by atoms with E-state index in [0.717, 1.165) is 28.6 Å². The molecule has 0 atom stereocenters. The van der Waals surface area contributed by atoms with Crippen molar-refractivity contribution in [2.45, 2.75) is 13.8 Å². The Morgan fingerprint density at radius 1 is 1.10 bits per heavy atom. The molecule has 0 amide bonds. The first kappa shape index (κ1) is 20.3. The monoisotopic (exact) mass is 446 g/mol. The van der Waals surface area contributed by atoms with Gasteiger partial charge in [-0.3, -0.25) is 14.9 Å². The highest BCUT2D eigenvalue weighted by Gasteiger charge is 2.23. The van der Waals surface area contributed by atoms with Gasteiger partial charge in [0.25, 0.3) is 11.2 Å². The highest BCUT2D eigenvalue weighted by molar-refractivity contribution is 7.15. The first-order valence-electron chi connectivity index (χ1n) is 9.31. The number of nitro benzene ring substituents is 1. The number of piperazine rings is 1. The molecule has 3 aromatic rings. The van der Waals surface area contributed by atoms with Gasteiger partial charge in [-0.1, -0.05) is 11.6 Å². The zero-order valence-electron chi connectivity index (χ0n) is 16.4. The molecular formula is C19H19ClN6O3S. The molecule has 4 rings (SSSR count). The van der Waals surface area contributed by atoms with E-state index in [4.69, 9.17) is 11.6 Å². The molecule has 0 saturated carbocycles. The van der Waals surface area contributed by atoms with Crippen LogP contribution in [-0.2, 0) is 0 Å². The van der Waals surface area contributed by atoms with Gasteiger partial charge in [0.05, 0.1) is 28.2 Å².